The Hall–Kier alpha value is -3.74. The highest BCUT2D eigenvalue weighted by Crippen LogP contribution is 2.43. The smallest absolute Gasteiger partial charge is 0.410 e. The summed E-state index contributed by atoms with van der Waals surface area (Å²) in [6, 6.07) is 13.6. The molecule has 2 aliphatic heterocycles. The van der Waals surface area contributed by atoms with E-state index in [0.29, 0.717) is 18.6 Å². The molecule has 0 radical (unpaired) electrons. The zero-order valence-electron chi connectivity index (χ0n) is 23.3. The Morgan fingerprint density at radius 2 is 1.76 bits per heavy atom. The Bertz CT molecular complexity index is 1570. The number of para-hydroxylation sites is 1. The standard InChI is InChI=1S/C29H34N4O7S/c1-17-15-18(21-7-5-6-8-22(21)30-17)16-39-19-9-11-20(12-10-19)41(37,38)32-26-24-14-13-23(25(26)27(34)31-36)33(24)28(35)40-29(2,3)4/h5-12,15,23-26,32,36H,13-14,16H2,1-4H3,(H,31,34). The van der Waals surface area contributed by atoms with Crippen LogP contribution < -0.4 is 14.9 Å². The number of ether oxygens (including phenoxy) is 2. The number of benzene rings is 2. The van der Waals surface area contributed by atoms with Gasteiger partial charge in [-0.2, -0.15) is 0 Å². The number of carbonyl (C=O) groups excluding carboxylic acids is 2. The monoisotopic (exact) mass is 582 g/mol. The first-order valence-electron chi connectivity index (χ1n) is 13.4. The van der Waals surface area contributed by atoms with Crippen LogP contribution in [0.1, 0.15) is 44.9 Å². The van der Waals surface area contributed by atoms with Crippen LogP contribution in [0.25, 0.3) is 10.9 Å². The normalized spacial score (nSPS) is 22.1. The first-order chi connectivity index (χ1) is 19.4. The van der Waals surface area contributed by atoms with Gasteiger partial charge in [-0.3, -0.25) is 19.9 Å². The van der Waals surface area contributed by atoms with Crippen molar-refractivity contribution in [2.75, 3.05) is 0 Å². The van der Waals surface area contributed by atoms with Crippen LogP contribution in [0.2, 0.25) is 0 Å². The van der Waals surface area contributed by atoms with Gasteiger partial charge in [-0.25, -0.2) is 23.4 Å². The fourth-order valence-corrected chi connectivity index (χ4v) is 7.13. The number of hydrogen-bond donors (Lipinski definition) is 3. The molecule has 0 saturated carbocycles. The number of hydroxylamine groups is 1. The summed E-state index contributed by atoms with van der Waals surface area (Å²) in [5.74, 6) is -1.26. The number of aryl methyl sites for hydroxylation is 1. The molecule has 3 heterocycles. The molecule has 2 amide bonds. The molecule has 3 aromatic rings. The van der Waals surface area contributed by atoms with Gasteiger partial charge < -0.3 is 9.47 Å². The Kier molecular flexibility index (Phi) is 7.66. The van der Waals surface area contributed by atoms with E-state index in [1.807, 2.05) is 37.3 Å². The highest BCUT2D eigenvalue weighted by molar-refractivity contribution is 7.89. The van der Waals surface area contributed by atoms with E-state index in [-0.39, 0.29) is 11.5 Å². The maximum absolute atomic E-state index is 13.4. The third-order valence-corrected chi connectivity index (χ3v) is 8.93. The number of nitrogens with zero attached hydrogens (tertiary/aromatic N) is 2. The number of aromatic nitrogens is 1. The Labute approximate surface area is 238 Å². The van der Waals surface area contributed by atoms with Crippen molar-refractivity contribution in [1.29, 1.82) is 0 Å². The van der Waals surface area contributed by atoms with Gasteiger partial charge in [-0.1, -0.05) is 18.2 Å². The molecule has 2 saturated heterocycles. The molecule has 2 fully saturated rings. The second kappa shape index (κ2) is 10.9. The van der Waals surface area contributed by atoms with E-state index in [4.69, 9.17) is 9.47 Å². The van der Waals surface area contributed by atoms with Crippen LogP contribution in [0.15, 0.2) is 59.5 Å². The molecule has 2 aliphatic rings. The average molecular weight is 583 g/mol. The summed E-state index contributed by atoms with van der Waals surface area (Å²) in [5, 5.41) is 10.4. The van der Waals surface area contributed by atoms with Crippen molar-refractivity contribution in [3.63, 3.8) is 0 Å². The van der Waals surface area contributed by atoms with E-state index in [1.165, 1.54) is 17.0 Å². The van der Waals surface area contributed by atoms with Crippen molar-refractivity contribution in [3.8, 4) is 5.75 Å². The molecule has 2 aromatic carbocycles. The molecule has 3 N–H and O–H groups in total. The molecule has 5 rings (SSSR count). The van der Waals surface area contributed by atoms with E-state index in [1.54, 1.807) is 38.4 Å². The SMILES string of the molecule is Cc1cc(COc2ccc(S(=O)(=O)NC3C(C(=O)NO)C4CCC3N4C(=O)OC(C)(C)C)cc2)c2ccccc2n1. The number of carbonyl (C=O) groups is 2. The summed E-state index contributed by atoms with van der Waals surface area (Å²) in [6.45, 7) is 7.38. The Morgan fingerprint density at radius 3 is 2.44 bits per heavy atom. The fourth-order valence-electron chi connectivity index (χ4n) is 5.84. The molecule has 4 unspecified atom stereocenters. The third-order valence-electron chi connectivity index (χ3n) is 7.46. The van der Waals surface area contributed by atoms with E-state index < -0.39 is 51.7 Å². The van der Waals surface area contributed by atoms with Crippen molar-refractivity contribution in [3.05, 3.63) is 65.9 Å². The molecule has 41 heavy (non-hydrogen) atoms. The highest BCUT2D eigenvalue weighted by Gasteiger charge is 2.59. The molecular formula is C29H34N4O7S. The summed E-state index contributed by atoms with van der Waals surface area (Å²) in [4.78, 5) is 31.5. The molecule has 4 atom stereocenters. The molecule has 12 heteroatoms. The quantitative estimate of drug-likeness (QED) is 0.282. The number of sulfonamides is 1. The maximum Gasteiger partial charge on any atom is 0.410 e. The number of nitrogens with one attached hydrogen (secondary N) is 2. The number of pyridine rings is 1. The van der Waals surface area contributed by atoms with Gasteiger partial charge in [0.2, 0.25) is 15.9 Å². The van der Waals surface area contributed by atoms with Gasteiger partial charge in [-0.15, -0.1) is 0 Å². The molecule has 11 nitrogen and oxygen atoms in total. The minimum absolute atomic E-state index is 0.0233. The van der Waals surface area contributed by atoms with Gasteiger partial charge in [0.05, 0.1) is 28.4 Å². The van der Waals surface area contributed by atoms with Crippen molar-refractivity contribution in [2.24, 2.45) is 5.92 Å². The van der Waals surface area contributed by atoms with Gasteiger partial charge in [0.15, 0.2) is 0 Å². The predicted molar refractivity (Wildman–Crippen MR) is 150 cm³/mol. The first-order valence-corrected chi connectivity index (χ1v) is 14.9. The van der Waals surface area contributed by atoms with Crippen molar-refractivity contribution < 1.29 is 32.7 Å². The topological polar surface area (TPSA) is 147 Å². The van der Waals surface area contributed by atoms with Gasteiger partial charge in [0.1, 0.15) is 18.0 Å². The van der Waals surface area contributed by atoms with Gasteiger partial charge in [0.25, 0.3) is 0 Å². The van der Waals surface area contributed by atoms with Crippen LogP contribution in [-0.4, -0.2) is 59.2 Å². The lowest BCUT2D eigenvalue weighted by Gasteiger charge is -2.28. The Morgan fingerprint density at radius 1 is 1.07 bits per heavy atom. The van der Waals surface area contributed by atoms with Crippen LogP contribution in [0, 0.1) is 12.8 Å². The maximum atomic E-state index is 13.4. The summed E-state index contributed by atoms with van der Waals surface area (Å²) >= 11 is 0. The average Bonchev–Trinajstić information content (AvgIpc) is 3.47. The lowest BCUT2D eigenvalue weighted by molar-refractivity contribution is -0.134. The van der Waals surface area contributed by atoms with Gasteiger partial charge in [-0.05, 0) is 76.9 Å². The molecule has 218 valence electrons. The molecule has 2 bridgehead atoms. The lowest BCUT2D eigenvalue weighted by atomic mass is 9.84. The highest BCUT2D eigenvalue weighted by atomic mass is 32.2. The van der Waals surface area contributed by atoms with E-state index in [2.05, 4.69) is 9.71 Å². The van der Waals surface area contributed by atoms with Crippen LogP contribution in [-0.2, 0) is 26.2 Å². The van der Waals surface area contributed by atoms with Gasteiger partial charge >= 0.3 is 6.09 Å². The lowest BCUT2D eigenvalue weighted by Crippen LogP contribution is -2.51. The zero-order valence-corrected chi connectivity index (χ0v) is 24.1. The van der Waals surface area contributed by atoms with Gasteiger partial charge in [0, 0.05) is 22.7 Å². The molecule has 0 spiro atoms. The van der Waals surface area contributed by atoms with E-state index >= 15 is 0 Å². The summed E-state index contributed by atoms with van der Waals surface area (Å²) in [6.07, 6.45) is 0.349. The summed E-state index contributed by atoms with van der Waals surface area (Å²) in [7, 11) is -4.10. The number of rotatable bonds is 7. The van der Waals surface area contributed by atoms with Crippen LogP contribution in [0.4, 0.5) is 4.79 Å². The number of fused-ring (bicyclic) bond motifs is 3. The fraction of sp³-hybridized carbons (Fsp3) is 0.414. The molecule has 0 aliphatic carbocycles. The largest absolute Gasteiger partial charge is 0.489 e. The van der Waals surface area contributed by atoms with Crippen LogP contribution in [0.5, 0.6) is 5.75 Å². The first kappa shape index (κ1) is 28.8. The van der Waals surface area contributed by atoms with Crippen LogP contribution >= 0.6 is 0 Å². The van der Waals surface area contributed by atoms with Crippen LogP contribution in [0.3, 0.4) is 0 Å². The van der Waals surface area contributed by atoms with E-state index in [9.17, 15) is 23.2 Å². The summed E-state index contributed by atoms with van der Waals surface area (Å²) < 4.78 is 40.9. The third kappa shape index (κ3) is 5.85. The minimum atomic E-state index is -4.10. The van der Waals surface area contributed by atoms with E-state index in [0.717, 1.165) is 22.2 Å². The second-order valence-corrected chi connectivity index (χ2v) is 13.2. The van der Waals surface area contributed by atoms with Crippen molar-refractivity contribution in [1.82, 2.24) is 20.1 Å². The molecule has 1 aromatic heterocycles. The van der Waals surface area contributed by atoms with Crippen molar-refractivity contribution >= 4 is 32.9 Å². The molecular weight excluding hydrogens is 548 g/mol. The zero-order chi connectivity index (χ0) is 29.5. The second-order valence-electron chi connectivity index (χ2n) is 11.4. The Balaban J connectivity index is 1.32. The number of hydrogen-bond acceptors (Lipinski definition) is 8. The summed E-state index contributed by atoms with van der Waals surface area (Å²) in [5.41, 5.74) is 3.57. The predicted octanol–water partition coefficient (Wildman–Crippen LogP) is 3.67. The van der Waals surface area contributed by atoms with Crippen molar-refractivity contribution in [2.45, 2.75) is 75.8 Å². The number of amides is 2. The minimum Gasteiger partial charge on any atom is -0.489 e.